The first-order chi connectivity index (χ1) is 12.6. The van der Waals surface area contributed by atoms with E-state index < -0.39 is 0 Å². The Kier molecular flexibility index (Phi) is 4.94. The first kappa shape index (κ1) is 17.2. The lowest BCUT2D eigenvalue weighted by molar-refractivity contribution is 0.0949. The summed E-state index contributed by atoms with van der Waals surface area (Å²) in [7, 11) is 1.47. The molecule has 0 radical (unpaired) electrons. The molecule has 0 bridgehead atoms. The van der Waals surface area contributed by atoms with E-state index in [1.807, 2.05) is 37.3 Å². The molecule has 26 heavy (non-hydrogen) atoms. The molecule has 2 aromatic carbocycles. The SMILES string of the molecule is COc1ccc(C(=O)NCc2noc(-c3cccc(C)c3)n2)cc1C#N. The van der Waals surface area contributed by atoms with Crippen molar-refractivity contribution in [1.29, 1.82) is 5.26 Å². The standard InChI is InChI=1S/C19H16N4O3/c1-12-4-3-5-14(8-12)19-22-17(23-26-19)11-21-18(24)13-6-7-16(25-2)15(9-13)10-20/h3-9H,11H2,1-2H3,(H,21,24). The van der Waals surface area contributed by atoms with Crippen LogP contribution in [0.3, 0.4) is 0 Å². The molecule has 0 aliphatic rings. The summed E-state index contributed by atoms with van der Waals surface area (Å²) in [5.41, 5.74) is 2.55. The van der Waals surface area contributed by atoms with E-state index in [1.54, 1.807) is 12.1 Å². The minimum absolute atomic E-state index is 0.113. The maximum Gasteiger partial charge on any atom is 0.257 e. The topological polar surface area (TPSA) is 101 Å². The van der Waals surface area contributed by atoms with Crippen molar-refractivity contribution in [2.45, 2.75) is 13.5 Å². The van der Waals surface area contributed by atoms with E-state index in [4.69, 9.17) is 14.5 Å². The molecule has 0 saturated heterocycles. The van der Waals surface area contributed by atoms with Crippen LogP contribution < -0.4 is 10.1 Å². The zero-order valence-electron chi connectivity index (χ0n) is 14.3. The fraction of sp³-hybridized carbons (Fsp3) is 0.158. The predicted octanol–water partition coefficient (Wildman–Crippen LogP) is 2.86. The number of rotatable bonds is 5. The first-order valence-corrected chi connectivity index (χ1v) is 7.86. The smallest absolute Gasteiger partial charge is 0.257 e. The van der Waals surface area contributed by atoms with Crippen molar-refractivity contribution < 1.29 is 14.1 Å². The van der Waals surface area contributed by atoms with Crippen LogP contribution in [-0.4, -0.2) is 23.2 Å². The molecule has 0 spiro atoms. The van der Waals surface area contributed by atoms with Crippen LogP contribution in [0.25, 0.3) is 11.5 Å². The number of benzene rings is 2. The summed E-state index contributed by atoms with van der Waals surface area (Å²) in [6.45, 7) is 2.09. The number of nitriles is 1. The Morgan fingerprint density at radius 2 is 2.15 bits per heavy atom. The van der Waals surface area contributed by atoms with Crippen LogP contribution in [0.5, 0.6) is 5.75 Å². The summed E-state index contributed by atoms with van der Waals surface area (Å²) in [4.78, 5) is 16.5. The Balaban J connectivity index is 1.68. The molecule has 0 aliphatic carbocycles. The quantitative estimate of drug-likeness (QED) is 0.761. The van der Waals surface area contributed by atoms with Gasteiger partial charge < -0.3 is 14.6 Å². The molecule has 3 rings (SSSR count). The number of carbonyl (C=O) groups is 1. The lowest BCUT2D eigenvalue weighted by Crippen LogP contribution is -2.23. The number of aromatic nitrogens is 2. The Morgan fingerprint density at radius 3 is 2.88 bits per heavy atom. The maximum absolute atomic E-state index is 12.3. The Labute approximate surface area is 150 Å². The highest BCUT2D eigenvalue weighted by atomic mass is 16.5. The minimum atomic E-state index is -0.342. The second-order valence-corrected chi connectivity index (χ2v) is 5.59. The summed E-state index contributed by atoms with van der Waals surface area (Å²) < 4.78 is 10.3. The number of hydrogen-bond donors (Lipinski definition) is 1. The first-order valence-electron chi connectivity index (χ1n) is 7.86. The van der Waals surface area contributed by atoms with Crippen LogP contribution in [0.2, 0.25) is 0 Å². The lowest BCUT2D eigenvalue weighted by Gasteiger charge is -2.06. The summed E-state index contributed by atoms with van der Waals surface area (Å²) in [5, 5.41) is 15.7. The zero-order valence-corrected chi connectivity index (χ0v) is 14.3. The molecule has 3 aromatic rings. The van der Waals surface area contributed by atoms with Crippen LogP contribution in [0.15, 0.2) is 47.0 Å². The molecule has 130 valence electrons. The van der Waals surface area contributed by atoms with E-state index in [2.05, 4.69) is 15.5 Å². The van der Waals surface area contributed by atoms with Crippen LogP contribution in [0, 0.1) is 18.3 Å². The van der Waals surface area contributed by atoms with Gasteiger partial charge in [0.05, 0.1) is 19.2 Å². The lowest BCUT2D eigenvalue weighted by atomic mass is 10.1. The Hall–Kier alpha value is -3.66. The third kappa shape index (κ3) is 3.70. The monoisotopic (exact) mass is 348 g/mol. The third-order valence-corrected chi connectivity index (χ3v) is 3.72. The van der Waals surface area contributed by atoms with Crippen molar-refractivity contribution in [2.24, 2.45) is 0 Å². The van der Waals surface area contributed by atoms with Crippen LogP contribution in [0.4, 0.5) is 0 Å². The molecule has 0 saturated carbocycles. The van der Waals surface area contributed by atoms with Gasteiger partial charge in [0, 0.05) is 11.1 Å². The molecular formula is C19H16N4O3. The number of methoxy groups -OCH3 is 1. The van der Waals surface area contributed by atoms with Gasteiger partial charge in [0.1, 0.15) is 11.8 Å². The fourth-order valence-corrected chi connectivity index (χ4v) is 2.42. The maximum atomic E-state index is 12.3. The molecule has 1 heterocycles. The van der Waals surface area contributed by atoms with Gasteiger partial charge in [-0.15, -0.1) is 0 Å². The minimum Gasteiger partial charge on any atom is -0.495 e. The summed E-state index contributed by atoms with van der Waals surface area (Å²) in [5.74, 6) is 0.842. The number of hydrogen-bond acceptors (Lipinski definition) is 6. The van der Waals surface area contributed by atoms with Crippen LogP contribution in [-0.2, 0) is 6.54 Å². The van der Waals surface area contributed by atoms with Crippen LogP contribution >= 0.6 is 0 Å². The summed E-state index contributed by atoms with van der Waals surface area (Å²) in [6.07, 6.45) is 0. The van der Waals surface area contributed by atoms with Crippen molar-refractivity contribution in [1.82, 2.24) is 15.5 Å². The van der Waals surface area contributed by atoms with Crippen LogP contribution in [0.1, 0.15) is 27.3 Å². The van der Waals surface area contributed by atoms with Crippen molar-refractivity contribution in [3.63, 3.8) is 0 Å². The Morgan fingerprint density at radius 1 is 1.31 bits per heavy atom. The largest absolute Gasteiger partial charge is 0.495 e. The van der Waals surface area contributed by atoms with Crippen molar-refractivity contribution in [3.05, 3.63) is 65.0 Å². The molecule has 0 fully saturated rings. The average molecular weight is 348 g/mol. The fourth-order valence-electron chi connectivity index (χ4n) is 2.42. The molecule has 1 aromatic heterocycles. The number of aryl methyl sites for hydroxylation is 1. The van der Waals surface area contributed by atoms with Gasteiger partial charge in [-0.05, 0) is 37.3 Å². The predicted molar refractivity (Wildman–Crippen MR) is 93.4 cm³/mol. The van der Waals surface area contributed by atoms with E-state index in [9.17, 15) is 4.79 Å². The molecule has 1 amide bonds. The van der Waals surface area contributed by atoms with E-state index in [1.165, 1.54) is 13.2 Å². The van der Waals surface area contributed by atoms with Gasteiger partial charge >= 0.3 is 0 Å². The van der Waals surface area contributed by atoms with E-state index in [0.717, 1.165) is 11.1 Å². The van der Waals surface area contributed by atoms with E-state index in [0.29, 0.717) is 28.6 Å². The highest BCUT2D eigenvalue weighted by Crippen LogP contribution is 2.19. The number of nitrogens with zero attached hydrogens (tertiary/aromatic N) is 3. The van der Waals surface area contributed by atoms with E-state index >= 15 is 0 Å². The van der Waals surface area contributed by atoms with Gasteiger partial charge in [0.25, 0.3) is 11.8 Å². The number of nitrogens with one attached hydrogen (secondary N) is 1. The van der Waals surface area contributed by atoms with Gasteiger partial charge in [-0.2, -0.15) is 10.2 Å². The molecule has 1 N–H and O–H groups in total. The zero-order chi connectivity index (χ0) is 18.5. The van der Waals surface area contributed by atoms with Gasteiger partial charge in [0.15, 0.2) is 5.82 Å². The molecular weight excluding hydrogens is 332 g/mol. The number of amides is 1. The van der Waals surface area contributed by atoms with Gasteiger partial charge in [-0.3, -0.25) is 4.79 Å². The Bertz CT molecular complexity index is 988. The average Bonchev–Trinajstić information content (AvgIpc) is 3.14. The highest BCUT2D eigenvalue weighted by Gasteiger charge is 2.13. The highest BCUT2D eigenvalue weighted by molar-refractivity contribution is 5.94. The summed E-state index contributed by atoms with van der Waals surface area (Å²) >= 11 is 0. The molecule has 0 atom stereocenters. The second-order valence-electron chi connectivity index (χ2n) is 5.59. The van der Waals surface area contributed by atoms with Gasteiger partial charge in [0.2, 0.25) is 0 Å². The molecule has 7 nitrogen and oxygen atoms in total. The van der Waals surface area contributed by atoms with Crippen molar-refractivity contribution >= 4 is 5.91 Å². The van der Waals surface area contributed by atoms with Gasteiger partial charge in [-0.25, -0.2) is 0 Å². The summed E-state index contributed by atoms with van der Waals surface area (Å²) in [6, 6.07) is 14.3. The van der Waals surface area contributed by atoms with E-state index in [-0.39, 0.29) is 12.5 Å². The van der Waals surface area contributed by atoms with Crippen molar-refractivity contribution in [2.75, 3.05) is 7.11 Å². The molecule has 0 unspecified atom stereocenters. The molecule has 0 aliphatic heterocycles. The number of ether oxygens (including phenoxy) is 1. The third-order valence-electron chi connectivity index (χ3n) is 3.72. The second kappa shape index (κ2) is 7.49. The number of carbonyl (C=O) groups excluding carboxylic acids is 1. The normalized spacial score (nSPS) is 10.2. The van der Waals surface area contributed by atoms with Crippen molar-refractivity contribution in [3.8, 4) is 23.3 Å². The van der Waals surface area contributed by atoms with Gasteiger partial charge in [-0.1, -0.05) is 22.9 Å². The molecule has 7 heteroatoms.